The first-order chi connectivity index (χ1) is 9.99. The second-order valence-electron chi connectivity index (χ2n) is 4.88. The predicted octanol–water partition coefficient (Wildman–Crippen LogP) is 2.17. The number of carboxylic acid groups (broad SMARTS) is 1. The number of anilines is 1. The Morgan fingerprint density at radius 1 is 1.38 bits per heavy atom. The first kappa shape index (κ1) is 15.2. The van der Waals surface area contributed by atoms with E-state index >= 15 is 0 Å². The Hall–Kier alpha value is -2.15. The summed E-state index contributed by atoms with van der Waals surface area (Å²) >= 11 is 0. The van der Waals surface area contributed by atoms with Crippen LogP contribution in [0.1, 0.15) is 23.2 Å². The Morgan fingerprint density at radius 3 is 2.67 bits per heavy atom. The molecule has 0 bridgehead atoms. The molecule has 0 radical (unpaired) electrons. The molecule has 6 nitrogen and oxygen atoms in total. The van der Waals surface area contributed by atoms with Gasteiger partial charge in [-0.25, -0.2) is 14.0 Å². The largest absolute Gasteiger partial charge is 0.478 e. The van der Waals surface area contributed by atoms with Crippen molar-refractivity contribution in [3.8, 4) is 0 Å². The maximum Gasteiger partial charge on any atom is 0.338 e. The number of carbonyl (C=O) groups excluding carboxylic acids is 1. The van der Waals surface area contributed by atoms with Gasteiger partial charge in [0.05, 0.1) is 5.56 Å². The minimum Gasteiger partial charge on any atom is -0.478 e. The van der Waals surface area contributed by atoms with E-state index in [9.17, 15) is 14.0 Å². The molecule has 7 heteroatoms. The molecule has 1 heterocycles. The van der Waals surface area contributed by atoms with Crippen LogP contribution in [0.25, 0.3) is 0 Å². The van der Waals surface area contributed by atoms with Gasteiger partial charge in [-0.15, -0.1) is 0 Å². The highest BCUT2D eigenvalue weighted by Gasteiger charge is 2.22. The van der Waals surface area contributed by atoms with Gasteiger partial charge >= 0.3 is 12.0 Å². The Balaban J connectivity index is 2.05. The van der Waals surface area contributed by atoms with Gasteiger partial charge in [0.1, 0.15) is 5.82 Å². The molecule has 1 aliphatic rings. The van der Waals surface area contributed by atoms with E-state index in [1.165, 1.54) is 6.07 Å². The first-order valence-electron chi connectivity index (χ1n) is 6.63. The van der Waals surface area contributed by atoms with Crippen LogP contribution in [0.4, 0.5) is 14.9 Å². The van der Waals surface area contributed by atoms with Crippen molar-refractivity contribution in [2.24, 2.45) is 0 Å². The lowest BCUT2D eigenvalue weighted by Gasteiger charge is -2.31. The molecule has 1 saturated heterocycles. The van der Waals surface area contributed by atoms with Gasteiger partial charge in [0.2, 0.25) is 0 Å². The lowest BCUT2D eigenvalue weighted by Crippen LogP contribution is -2.42. The topological polar surface area (TPSA) is 78.9 Å². The van der Waals surface area contributed by atoms with E-state index in [0.29, 0.717) is 13.2 Å². The van der Waals surface area contributed by atoms with Crippen LogP contribution in [0.5, 0.6) is 0 Å². The monoisotopic (exact) mass is 296 g/mol. The number of carboxylic acids is 1. The van der Waals surface area contributed by atoms with Crippen molar-refractivity contribution in [1.82, 2.24) is 4.90 Å². The van der Waals surface area contributed by atoms with Crippen molar-refractivity contribution >= 4 is 17.7 Å². The van der Waals surface area contributed by atoms with E-state index < -0.39 is 17.3 Å². The van der Waals surface area contributed by atoms with Gasteiger partial charge in [0.25, 0.3) is 0 Å². The maximum absolute atomic E-state index is 13.3. The minimum atomic E-state index is -1.37. The summed E-state index contributed by atoms with van der Waals surface area (Å²) in [4.78, 5) is 24.5. The molecular formula is C14H17FN2O4. The van der Waals surface area contributed by atoms with Crippen LogP contribution in [0.3, 0.4) is 0 Å². The summed E-state index contributed by atoms with van der Waals surface area (Å²) in [5.41, 5.74) is -0.223. The van der Waals surface area contributed by atoms with Crippen LogP contribution >= 0.6 is 0 Å². The molecule has 1 aromatic carbocycles. The highest BCUT2D eigenvalue weighted by atomic mass is 19.1. The summed E-state index contributed by atoms with van der Waals surface area (Å²) in [6, 6.07) is 3.18. The molecule has 2 amide bonds. The quantitative estimate of drug-likeness (QED) is 0.896. The summed E-state index contributed by atoms with van der Waals surface area (Å²) in [7, 11) is 1.67. The van der Waals surface area contributed by atoms with E-state index in [2.05, 4.69) is 5.32 Å². The fourth-order valence-electron chi connectivity index (χ4n) is 2.22. The normalized spacial score (nSPS) is 15.5. The van der Waals surface area contributed by atoms with E-state index in [1.54, 1.807) is 11.9 Å². The lowest BCUT2D eigenvalue weighted by molar-refractivity contribution is 0.0544. The molecule has 0 saturated carbocycles. The number of rotatable bonds is 3. The van der Waals surface area contributed by atoms with Gasteiger partial charge in [-0.2, -0.15) is 0 Å². The van der Waals surface area contributed by atoms with Crippen LogP contribution < -0.4 is 5.32 Å². The Kier molecular flexibility index (Phi) is 4.74. The van der Waals surface area contributed by atoms with Crippen LogP contribution in [0.15, 0.2) is 18.2 Å². The molecule has 114 valence electrons. The number of ether oxygens (including phenoxy) is 1. The molecule has 0 spiro atoms. The molecule has 1 aromatic rings. The van der Waals surface area contributed by atoms with Gasteiger partial charge < -0.3 is 20.1 Å². The van der Waals surface area contributed by atoms with Crippen LogP contribution in [0.2, 0.25) is 0 Å². The molecule has 0 aromatic heterocycles. The second-order valence-corrected chi connectivity index (χ2v) is 4.88. The highest BCUT2D eigenvalue weighted by Crippen LogP contribution is 2.17. The van der Waals surface area contributed by atoms with E-state index in [-0.39, 0.29) is 17.8 Å². The number of amides is 2. The number of carbonyl (C=O) groups is 2. The summed E-state index contributed by atoms with van der Waals surface area (Å²) < 4.78 is 18.5. The third-order valence-electron chi connectivity index (χ3n) is 3.51. The zero-order chi connectivity index (χ0) is 15.4. The number of hydrogen-bond donors (Lipinski definition) is 2. The van der Waals surface area contributed by atoms with Gasteiger partial charge in [0, 0.05) is 32.0 Å². The van der Waals surface area contributed by atoms with Gasteiger partial charge in [-0.05, 0) is 31.0 Å². The minimum absolute atomic E-state index is 0.0816. The molecule has 1 fully saturated rings. The molecule has 21 heavy (non-hydrogen) atoms. The molecule has 0 aliphatic carbocycles. The number of benzene rings is 1. The maximum atomic E-state index is 13.3. The fourth-order valence-corrected chi connectivity index (χ4v) is 2.22. The predicted molar refractivity (Wildman–Crippen MR) is 74.0 cm³/mol. The Bertz CT molecular complexity index is 544. The molecule has 2 rings (SSSR count). The molecule has 0 unspecified atom stereocenters. The SMILES string of the molecule is CN(C(=O)Nc1ccc(F)c(C(=O)O)c1)C1CCOCC1. The average Bonchev–Trinajstić information content (AvgIpc) is 2.49. The van der Waals surface area contributed by atoms with Crippen molar-refractivity contribution < 1.29 is 23.8 Å². The Labute approximate surface area is 121 Å². The number of halogens is 1. The first-order valence-corrected chi connectivity index (χ1v) is 6.63. The molecular weight excluding hydrogens is 279 g/mol. The number of nitrogens with zero attached hydrogens (tertiary/aromatic N) is 1. The third kappa shape index (κ3) is 3.69. The highest BCUT2D eigenvalue weighted by molar-refractivity contribution is 5.93. The van der Waals surface area contributed by atoms with Crippen molar-refractivity contribution in [2.45, 2.75) is 18.9 Å². The second kappa shape index (κ2) is 6.53. The smallest absolute Gasteiger partial charge is 0.338 e. The van der Waals surface area contributed by atoms with E-state index in [0.717, 1.165) is 25.0 Å². The summed E-state index contributed by atoms with van der Waals surface area (Å²) in [5.74, 6) is -2.21. The zero-order valence-electron chi connectivity index (χ0n) is 11.6. The van der Waals surface area contributed by atoms with Crippen molar-refractivity contribution in [3.63, 3.8) is 0 Å². The van der Waals surface area contributed by atoms with Crippen molar-refractivity contribution in [3.05, 3.63) is 29.6 Å². The molecule has 1 aliphatic heterocycles. The zero-order valence-corrected chi connectivity index (χ0v) is 11.6. The van der Waals surface area contributed by atoms with Crippen LogP contribution in [0, 0.1) is 5.82 Å². The lowest BCUT2D eigenvalue weighted by atomic mass is 10.1. The van der Waals surface area contributed by atoms with Crippen molar-refractivity contribution in [2.75, 3.05) is 25.6 Å². The summed E-state index contributed by atoms with van der Waals surface area (Å²) in [6.07, 6.45) is 1.52. The summed E-state index contributed by atoms with van der Waals surface area (Å²) in [5, 5.41) is 11.4. The van der Waals surface area contributed by atoms with Crippen molar-refractivity contribution in [1.29, 1.82) is 0 Å². The number of hydrogen-bond acceptors (Lipinski definition) is 3. The van der Waals surface area contributed by atoms with Gasteiger partial charge in [-0.3, -0.25) is 0 Å². The number of aromatic carboxylic acids is 1. The average molecular weight is 296 g/mol. The van der Waals surface area contributed by atoms with Crippen LogP contribution in [-0.2, 0) is 4.74 Å². The standard InChI is InChI=1S/C14H17FN2O4/c1-17(10-4-6-21-7-5-10)14(20)16-9-2-3-12(15)11(8-9)13(18)19/h2-3,8,10H,4-7H2,1H3,(H,16,20)(H,18,19). The van der Waals surface area contributed by atoms with E-state index in [4.69, 9.17) is 9.84 Å². The number of nitrogens with one attached hydrogen (secondary N) is 1. The third-order valence-corrected chi connectivity index (χ3v) is 3.51. The molecule has 2 N–H and O–H groups in total. The number of urea groups is 1. The molecule has 0 atom stereocenters. The summed E-state index contributed by atoms with van der Waals surface area (Å²) in [6.45, 7) is 1.23. The van der Waals surface area contributed by atoms with E-state index in [1.807, 2.05) is 0 Å². The Morgan fingerprint density at radius 2 is 2.05 bits per heavy atom. The van der Waals surface area contributed by atoms with Gasteiger partial charge in [0.15, 0.2) is 0 Å². The van der Waals surface area contributed by atoms with Gasteiger partial charge in [-0.1, -0.05) is 0 Å². The van der Waals surface area contributed by atoms with Crippen LogP contribution in [-0.4, -0.2) is 48.3 Å². The fraction of sp³-hybridized carbons (Fsp3) is 0.429.